The van der Waals surface area contributed by atoms with E-state index in [4.69, 9.17) is 4.98 Å². The number of H-pyrrole nitrogens is 1. The molecule has 2 aromatic heterocycles. The number of hydrogen-bond acceptors (Lipinski definition) is 5. The highest BCUT2D eigenvalue weighted by Crippen LogP contribution is 2.31. The summed E-state index contributed by atoms with van der Waals surface area (Å²) in [6.45, 7) is 1.55. The molecule has 1 N–H and O–H groups in total. The Morgan fingerprint density at radius 3 is 2.61 bits per heavy atom. The van der Waals surface area contributed by atoms with E-state index in [1.807, 2.05) is 4.90 Å². The van der Waals surface area contributed by atoms with Gasteiger partial charge in [0.1, 0.15) is 11.5 Å². The largest absolute Gasteiger partial charge is 0.336 e. The maximum atomic E-state index is 13.2. The van der Waals surface area contributed by atoms with Crippen molar-refractivity contribution in [2.75, 3.05) is 13.1 Å². The molecule has 3 aliphatic rings. The van der Waals surface area contributed by atoms with E-state index in [1.54, 1.807) is 29.3 Å². The molecule has 5 rings (SSSR count). The Morgan fingerprint density at radius 2 is 1.82 bits per heavy atom. The summed E-state index contributed by atoms with van der Waals surface area (Å²) in [6, 6.07) is 5.01. The standard InChI is InChI=1S/C25H31N5O3/c31-23-18-12-15-29(24(32)17-8-2-1-3-9-17)16-20(18)27-22(28-23)21-11-5-7-14-30(21)25(33)19-10-4-6-13-26-19/h4,6,10,13,17,21H,1-3,5,7-9,11-12,14-16H2,(H,27,28,31)/t21-/m0/s1. The molecule has 8 heteroatoms. The van der Waals surface area contributed by atoms with Crippen molar-refractivity contribution in [1.82, 2.24) is 24.8 Å². The van der Waals surface area contributed by atoms with E-state index in [0.717, 1.165) is 44.9 Å². The van der Waals surface area contributed by atoms with Crippen LogP contribution in [0.1, 0.15) is 85.0 Å². The molecule has 4 heterocycles. The van der Waals surface area contributed by atoms with E-state index in [-0.39, 0.29) is 29.3 Å². The summed E-state index contributed by atoms with van der Waals surface area (Å²) in [5.74, 6) is 0.685. The van der Waals surface area contributed by atoms with Gasteiger partial charge in [-0.2, -0.15) is 0 Å². The van der Waals surface area contributed by atoms with Gasteiger partial charge in [0.25, 0.3) is 11.5 Å². The number of pyridine rings is 1. The van der Waals surface area contributed by atoms with E-state index < -0.39 is 0 Å². The number of fused-ring (bicyclic) bond motifs is 1. The van der Waals surface area contributed by atoms with Gasteiger partial charge >= 0.3 is 0 Å². The number of aromatic amines is 1. The summed E-state index contributed by atoms with van der Waals surface area (Å²) in [5.41, 5.74) is 1.61. The quantitative estimate of drug-likeness (QED) is 0.777. The first-order chi connectivity index (χ1) is 16.1. The molecule has 2 amide bonds. The van der Waals surface area contributed by atoms with Crippen molar-refractivity contribution >= 4 is 11.8 Å². The van der Waals surface area contributed by atoms with Crippen LogP contribution in [0.25, 0.3) is 0 Å². The number of nitrogens with one attached hydrogen (secondary N) is 1. The van der Waals surface area contributed by atoms with E-state index in [0.29, 0.717) is 48.8 Å². The third-order valence-electron chi connectivity index (χ3n) is 7.32. The van der Waals surface area contributed by atoms with E-state index in [2.05, 4.69) is 9.97 Å². The molecule has 1 saturated carbocycles. The molecule has 1 atom stereocenters. The van der Waals surface area contributed by atoms with E-state index in [9.17, 15) is 14.4 Å². The summed E-state index contributed by atoms with van der Waals surface area (Å²) in [7, 11) is 0. The van der Waals surface area contributed by atoms with Gasteiger partial charge in [-0.25, -0.2) is 4.98 Å². The third kappa shape index (κ3) is 4.43. The van der Waals surface area contributed by atoms with Gasteiger partial charge in [-0.05, 0) is 50.7 Å². The van der Waals surface area contributed by atoms with Crippen LogP contribution in [0.2, 0.25) is 0 Å². The average Bonchev–Trinajstić information content (AvgIpc) is 2.88. The van der Waals surface area contributed by atoms with E-state index in [1.165, 1.54) is 6.42 Å². The molecule has 8 nitrogen and oxygen atoms in total. The third-order valence-corrected chi connectivity index (χ3v) is 7.32. The first kappa shape index (κ1) is 21.8. The summed E-state index contributed by atoms with van der Waals surface area (Å²) in [5, 5.41) is 0. The van der Waals surface area contributed by atoms with Crippen molar-refractivity contribution < 1.29 is 9.59 Å². The second-order valence-corrected chi connectivity index (χ2v) is 9.45. The highest BCUT2D eigenvalue weighted by molar-refractivity contribution is 5.92. The Hall–Kier alpha value is -3.03. The first-order valence-corrected chi connectivity index (χ1v) is 12.2. The minimum atomic E-state index is -0.296. The number of carbonyl (C=O) groups is 2. The Kier molecular flexibility index (Phi) is 6.24. The summed E-state index contributed by atoms with van der Waals surface area (Å²) >= 11 is 0. The van der Waals surface area contributed by atoms with Gasteiger partial charge < -0.3 is 14.8 Å². The molecule has 0 spiro atoms. The van der Waals surface area contributed by atoms with Crippen LogP contribution in [0.5, 0.6) is 0 Å². The van der Waals surface area contributed by atoms with Crippen molar-refractivity contribution in [2.45, 2.75) is 70.4 Å². The maximum absolute atomic E-state index is 13.2. The molecule has 2 aliphatic heterocycles. The number of aromatic nitrogens is 3. The molecule has 0 aromatic carbocycles. The molecule has 174 valence electrons. The molecular formula is C25H31N5O3. The number of amides is 2. The van der Waals surface area contributed by atoms with Crippen LogP contribution >= 0.6 is 0 Å². The fraction of sp³-hybridized carbons (Fsp3) is 0.560. The van der Waals surface area contributed by atoms with Gasteiger partial charge in [0.05, 0.1) is 18.3 Å². The number of carbonyl (C=O) groups excluding carboxylic acids is 2. The lowest BCUT2D eigenvalue weighted by atomic mass is 9.88. The fourth-order valence-electron chi connectivity index (χ4n) is 5.51. The number of hydrogen-bond donors (Lipinski definition) is 1. The smallest absolute Gasteiger partial charge is 0.273 e. The fourth-order valence-corrected chi connectivity index (χ4v) is 5.51. The van der Waals surface area contributed by atoms with Crippen molar-refractivity contribution in [3.05, 3.63) is 57.5 Å². The second kappa shape index (κ2) is 9.45. The second-order valence-electron chi connectivity index (χ2n) is 9.45. The van der Waals surface area contributed by atoms with Crippen LogP contribution in [-0.2, 0) is 17.8 Å². The summed E-state index contributed by atoms with van der Waals surface area (Å²) in [6.07, 6.45) is 10.1. The summed E-state index contributed by atoms with van der Waals surface area (Å²) < 4.78 is 0. The molecule has 1 aliphatic carbocycles. The van der Waals surface area contributed by atoms with E-state index >= 15 is 0 Å². The minimum Gasteiger partial charge on any atom is -0.336 e. The number of rotatable bonds is 3. The zero-order valence-electron chi connectivity index (χ0n) is 19.0. The van der Waals surface area contributed by atoms with Gasteiger partial charge in [0.2, 0.25) is 5.91 Å². The van der Waals surface area contributed by atoms with Crippen LogP contribution in [0, 0.1) is 5.92 Å². The van der Waals surface area contributed by atoms with Gasteiger partial charge in [0.15, 0.2) is 0 Å². The molecular weight excluding hydrogens is 418 g/mol. The van der Waals surface area contributed by atoms with Crippen molar-refractivity contribution in [2.24, 2.45) is 5.92 Å². The van der Waals surface area contributed by atoms with Crippen LogP contribution in [0.15, 0.2) is 29.2 Å². The number of likely N-dealkylation sites (tertiary alicyclic amines) is 1. The molecule has 0 radical (unpaired) electrons. The van der Waals surface area contributed by atoms with Crippen molar-refractivity contribution in [3.63, 3.8) is 0 Å². The zero-order chi connectivity index (χ0) is 22.8. The Bertz CT molecular complexity index is 1080. The Labute approximate surface area is 193 Å². The highest BCUT2D eigenvalue weighted by atomic mass is 16.2. The lowest BCUT2D eigenvalue weighted by Gasteiger charge is -2.36. The number of nitrogens with zero attached hydrogens (tertiary/aromatic N) is 4. The SMILES string of the molecule is O=C(C1CCCCC1)N1CCc2c(nc([C@@H]3CCCCN3C(=O)c3ccccn3)[nH]c2=O)C1. The van der Waals surface area contributed by atoms with Crippen LogP contribution < -0.4 is 5.56 Å². The molecule has 0 unspecified atom stereocenters. The van der Waals surface area contributed by atoms with Crippen LogP contribution in [0.4, 0.5) is 0 Å². The van der Waals surface area contributed by atoms with Gasteiger partial charge in [-0.15, -0.1) is 0 Å². The Morgan fingerprint density at radius 1 is 1.00 bits per heavy atom. The average molecular weight is 450 g/mol. The molecule has 0 bridgehead atoms. The number of piperidine rings is 1. The highest BCUT2D eigenvalue weighted by Gasteiger charge is 2.34. The molecule has 1 saturated heterocycles. The topological polar surface area (TPSA) is 99.3 Å². The molecule has 2 fully saturated rings. The molecule has 33 heavy (non-hydrogen) atoms. The minimum absolute atomic E-state index is 0.103. The van der Waals surface area contributed by atoms with Gasteiger partial charge in [-0.3, -0.25) is 19.4 Å². The van der Waals surface area contributed by atoms with Crippen molar-refractivity contribution in [1.29, 1.82) is 0 Å². The van der Waals surface area contributed by atoms with Gasteiger partial charge in [0, 0.05) is 30.8 Å². The van der Waals surface area contributed by atoms with Crippen molar-refractivity contribution in [3.8, 4) is 0 Å². The maximum Gasteiger partial charge on any atom is 0.273 e. The Balaban J connectivity index is 1.40. The lowest BCUT2D eigenvalue weighted by molar-refractivity contribution is -0.137. The lowest BCUT2D eigenvalue weighted by Crippen LogP contribution is -2.44. The molecule has 2 aromatic rings. The predicted octanol–water partition coefficient (Wildman–Crippen LogP) is 3.00. The zero-order valence-corrected chi connectivity index (χ0v) is 19.0. The normalized spacial score (nSPS) is 21.5. The van der Waals surface area contributed by atoms with Crippen LogP contribution in [0.3, 0.4) is 0 Å². The predicted molar refractivity (Wildman–Crippen MR) is 122 cm³/mol. The first-order valence-electron chi connectivity index (χ1n) is 12.2. The monoisotopic (exact) mass is 449 g/mol. The summed E-state index contributed by atoms with van der Waals surface area (Å²) in [4.78, 5) is 54.9. The van der Waals surface area contributed by atoms with Crippen LogP contribution in [-0.4, -0.2) is 49.7 Å². The van der Waals surface area contributed by atoms with Gasteiger partial charge in [-0.1, -0.05) is 25.3 Å².